The number of rotatable bonds is 23. The first-order valence-electron chi connectivity index (χ1n) is 49.2. The number of phenolic OH excluding ortho intramolecular Hbond substituents is 4. The van der Waals surface area contributed by atoms with Gasteiger partial charge in [0.05, 0.1) is 87.6 Å². The van der Waals surface area contributed by atoms with E-state index in [0.717, 1.165) is 225 Å². The fourth-order valence-electron chi connectivity index (χ4n) is 20.9. The van der Waals surface area contributed by atoms with Crippen LogP contribution in [0, 0.1) is 68.0 Å². The van der Waals surface area contributed by atoms with Gasteiger partial charge in [0, 0.05) is 37.0 Å². The van der Waals surface area contributed by atoms with Crippen molar-refractivity contribution >= 4 is 69.5 Å². The van der Waals surface area contributed by atoms with E-state index in [9.17, 15) is 70.3 Å². The molecule has 4 saturated carbocycles. The molecular weight excluding hydrogens is 1890 g/mol. The number of anilines is 4. The van der Waals surface area contributed by atoms with Crippen LogP contribution in [0.1, 0.15) is 249 Å². The molecule has 0 atom stereocenters. The first-order chi connectivity index (χ1) is 67.4. The van der Waals surface area contributed by atoms with Gasteiger partial charge < -0.3 is 41.7 Å². The van der Waals surface area contributed by atoms with Crippen LogP contribution < -0.4 is 21.3 Å². The zero-order chi connectivity index (χ0) is 96.7. The van der Waals surface area contributed by atoms with Gasteiger partial charge in [0.15, 0.2) is 58.2 Å². The number of nitrogens with zero attached hydrogens (tertiary/aromatic N) is 8. The standard InChI is InChI=1S/C28H26F5N3O2.C28H29F2N3O2.C28H30IN3O2.C27H29N3O2/c29-22-18(23(30)25(32)26(33)24(22)31)13-21(38)36-28-20(10-6-14-4-2-1-3-5-14)34-27-17-9-8-16(37)12-15(17)7-11-19(27)35-28;29-22-11-6-18(14-23(22)30)15-26(35)33-28-25(12-7-17-4-2-1-3-5-17)31-27-21-10-9-20(34)16-19(21)8-13-24(27)32-28;29-21-10-6-19(7-11-21)16-26(34)32-28-25(14-8-18-4-2-1-3-5-18)30-27-23-13-12-22(33)17-20(23)9-15-24(27)31-28;31-21-13-14-22-20(17-21)12-16-23-25(22)28-24(15-11-18-7-3-1-4-8-18)26(29-23)30-27(32)19-9-5-2-6-10-19/h8-9,12,14,37H,1-7,10-11,13H2,(H,35,36,38);6,9-11,14,16-17,34H,1-5,7-8,12-13,15H2,(H,32,33,35);6-7,10-13,17-18,33H,1-5,8-9,14-16H2,(H,31,32,34);2,5-6,9-10,13-14,17-18,31H,1,3-4,7-8,11-12,15-16H2,(H,29,30,32). The zero-order valence-electron chi connectivity index (χ0n) is 77.8. The van der Waals surface area contributed by atoms with Crippen molar-refractivity contribution in [1.29, 1.82) is 0 Å². The van der Waals surface area contributed by atoms with Crippen molar-refractivity contribution in [2.75, 3.05) is 21.3 Å². The Labute approximate surface area is 817 Å². The number of carbonyl (C=O) groups excluding carboxylic acids is 4. The van der Waals surface area contributed by atoms with Crippen molar-refractivity contribution in [3.05, 3.63) is 280 Å². The molecule has 4 fully saturated rings. The topological polar surface area (TPSA) is 300 Å². The smallest absolute Gasteiger partial charge is 0.256 e. The van der Waals surface area contributed by atoms with Gasteiger partial charge in [-0.2, -0.15) is 0 Å². The van der Waals surface area contributed by atoms with Crippen LogP contribution in [-0.4, -0.2) is 83.9 Å². The van der Waals surface area contributed by atoms with Gasteiger partial charge in [-0.25, -0.2) is 70.6 Å². The largest absolute Gasteiger partial charge is 0.508 e. The lowest BCUT2D eigenvalue weighted by atomic mass is 9.85. The van der Waals surface area contributed by atoms with Crippen LogP contribution in [0.3, 0.4) is 0 Å². The van der Waals surface area contributed by atoms with Crippen molar-refractivity contribution in [2.45, 2.75) is 250 Å². The molecule has 139 heavy (non-hydrogen) atoms. The number of hydrogen-bond donors (Lipinski definition) is 8. The van der Waals surface area contributed by atoms with Crippen LogP contribution in [0.5, 0.6) is 23.0 Å². The summed E-state index contributed by atoms with van der Waals surface area (Å²) in [5.41, 5.74) is 18.3. The average Bonchev–Trinajstić information content (AvgIpc) is 0.783. The SMILES string of the molecule is O=C(Cc1c(F)c(F)c(F)c(F)c1F)Nc1nc2c(nc1CCC1CCCCC1)-c1ccc(O)cc1CC2.O=C(Cc1ccc(F)c(F)c1)Nc1nc2c(nc1CCC1CCCCC1)-c1ccc(O)cc1CC2.O=C(Cc1ccc(I)cc1)Nc1nc2c(nc1CCC1CCCCC1)-c1ccc(O)cc1CC2.O=C(Nc1nc2c(nc1CCC1CCCCC1)-c1ccc(O)cc1CC2)c1ccccc1. The molecule has 12 aromatic rings. The van der Waals surface area contributed by atoms with Crippen LogP contribution in [0.25, 0.3) is 45.0 Å². The summed E-state index contributed by atoms with van der Waals surface area (Å²) < 4.78 is 97.0. The molecule has 8 aromatic carbocycles. The van der Waals surface area contributed by atoms with E-state index in [1.165, 1.54) is 109 Å². The molecule has 4 heterocycles. The quantitative estimate of drug-likeness (QED) is 0.0128. The molecule has 0 bridgehead atoms. The summed E-state index contributed by atoms with van der Waals surface area (Å²) in [6.07, 6.45) is 36.6. The van der Waals surface area contributed by atoms with Crippen molar-refractivity contribution in [3.8, 4) is 68.0 Å². The lowest BCUT2D eigenvalue weighted by Crippen LogP contribution is -2.22. The second-order valence-corrected chi connectivity index (χ2v) is 39.5. The Bertz CT molecular complexity index is 6500. The fourth-order valence-corrected chi connectivity index (χ4v) is 21.3. The maximum atomic E-state index is 14.2. The van der Waals surface area contributed by atoms with Crippen molar-refractivity contribution in [2.24, 2.45) is 23.7 Å². The zero-order valence-corrected chi connectivity index (χ0v) is 79.9. The fraction of sp³-hybridized carbons (Fsp3) is 0.387. The van der Waals surface area contributed by atoms with E-state index in [2.05, 4.69) is 48.8 Å². The third-order valence-electron chi connectivity index (χ3n) is 28.4. The molecule has 8 aliphatic carbocycles. The highest BCUT2D eigenvalue weighted by Crippen LogP contribution is 2.43. The van der Waals surface area contributed by atoms with Crippen LogP contribution in [0.15, 0.2) is 146 Å². The monoisotopic (exact) mass is 2000 g/mol. The number of amides is 4. The van der Waals surface area contributed by atoms with Crippen LogP contribution in [0.2, 0.25) is 0 Å². The number of aromatic hydroxyl groups is 4. The highest BCUT2D eigenvalue weighted by molar-refractivity contribution is 14.1. The van der Waals surface area contributed by atoms with E-state index in [0.29, 0.717) is 96.0 Å². The maximum absolute atomic E-state index is 14.2. The van der Waals surface area contributed by atoms with E-state index in [-0.39, 0.29) is 53.0 Å². The van der Waals surface area contributed by atoms with E-state index in [4.69, 9.17) is 34.9 Å². The normalized spacial score (nSPS) is 15.4. The van der Waals surface area contributed by atoms with E-state index >= 15 is 0 Å². The molecule has 0 spiro atoms. The minimum Gasteiger partial charge on any atom is -0.508 e. The minimum atomic E-state index is -2.27. The molecule has 0 aliphatic heterocycles. The van der Waals surface area contributed by atoms with Gasteiger partial charge in [-0.3, -0.25) is 19.2 Å². The van der Waals surface area contributed by atoms with Gasteiger partial charge in [-0.1, -0.05) is 165 Å². The number of halogens is 8. The second kappa shape index (κ2) is 45.6. The molecule has 8 aliphatic rings. The third-order valence-corrected chi connectivity index (χ3v) is 29.1. The molecule has 0 unspecified atom stereocenters. The van der Waals surface area contributed by atoms with E-state index in [1.54, 1.807) is 42.5 Å². The number of hydrogen-bond acceptors (Lipinski definition) is 16. The van der Waals surface area contributed by atoms with Gasteiger partial charge in [0.1, 0.15) is 23.0 Å². The third kappa shape index (κ3) is 24.6. The first-order valence-corrected chi connectivity index (χ1v) is 50.3. The minimum absolute atomic E-state index is 0.0597. The Morgan fingerprint density at radius 1 is 0.309 bits per heavy atom. The molecule has 0 radical (unpaired) electrons. The Morgan fingerprint density at radius 2 is 0.612 bits per heavy atom. The molecule has 28 heteroatoms. The van der Waals surface area contributed by atoms with Gasteiger partial charge in [0.2, 0.25) is 23.5 Å². The lowest BCUT2D eigenvalue weighted by Gasteiger charge is -2.23. The van der Waals surface area contributed by atoms with Crippen molar-refractivity contribution in [3.63, 3.8) is 0 Å². The molecule has 4 amide bonds. The molecule has 722 valence electrons. The number of fused-ring (bicyclic) bond motifs is 12. The summed E-state index contributed by atoms with van der Waals surface area (Å²) in [5, 5.41) is 51.1. The Morgan fingerprint density at radius 3 is 0.942 bits per heavy atom. The van der Waals surface area contributed by atoms with Gasteiger partial charge >= 0.3 is 0 Å². The lowest BCUT2D eigenvalue weighted by molar-refractivity contribution is -0.116. The van der Waals surface area contributed by atoms with E-state index in [1.807, 2.05) is 84.9 Å². The Balaban J connectivity index is 0.000000128. The number of aromatic nitrogens is 8. The highest BCUT2D eigenvalue weighted by atomic mass is 127. The first kappa shape index (κ1) is 98.0. The van der Waals surface area contributed by atoms with Crippen molar-refractivity contribution in [1.82, 2.24) is 39.9 Å². The summed E-state index contributed by atoms with van der Waals surface area (Å²) in [7, 11) is 0. The summed E-state index contributed by atoms with van der Waals surface area (Å²) >= 11 is 2.27. The van der Waals surface area contributed by atoms with Crippen LogP contribution in [0.4, 0.5) is 54.0 Å². The number of carbonyl (C=O) groups is 4. The number of phenols is 4. The molecular formula is C111H114F7IN12O8. The Kier molecular flexibility index (Phi) is 32.1. The van der Waals surface area contributed by atoms with Crippen LogP contribution in [-0.2, 0) is 111 Å². The predicted octanol–water partition coefficient (Wildman–Crippen LogP) is 24.2. The molecule has 20 nitrogen and oxygen atoms in total. The maximum Gasteiger partial charge on any atom is 0.256 e. The predicted molar refractivity (Wildman–Crippen MR) is 529 cm³/mol. The van der Waals surface area contributed by atoms with Gasteiger partial charge in [0.25, 0.3) is 5.91 Å². The van der Waals surface area contributed by atoms with Crippen LogP contribution >= 0.6 is 22.6 Å². The summed E-state index contributed by atoms with van der Waals surface area (Å²) in [6.45, 7) is 0. The summed E-state index contributed by atoms with van der Waals surface area (Å²) in [4.78, 5) is 90.6. The number of aryl methyl sites for hydroxylation is 12. The Hall–Kier alpha value is -12.6. The molecule has 20 rings (SSSR count). The average molecular weight is 2000 g/mol. The molecule has 4 aromatic heterocycles. The molecule has 8 N–H and O–H groups in total. The number of benzene rings is 8. The molecule has 0 saturated heterocycles. The van der Waals surface area contributed by atoms with Gasteiger partial charge in [-0.15, -0.1) is 0 Å². The summed E-state index contributed by atoms with van der Waals surface area (Å²) in [6, 6.07) is 42.1. The number of nitrogens with one attached hydrogen (secondary N) is 4. The van der Waals surface area contributed by atoms with E-state index < -0.39 is 58.6 Å². The van der Waals surface area contributed by atoms with Crippen molar-refractivity contribution < 1.29 is 70.3 Å². The highest BCUT2D eigenvalue weighted by Gasteiger charge is 2.33. The summed E-state index contributed by atoms with van der Waals surface area (Å²) in [5.74, 6) is -8.64. The van der Waals surface area contributed by atoms with Gasteiger partial charge in [-0.05, 0) is 292 Å². The second-order valence-electron chi connectivity index (χ2n) is 38.2.